The maximum atomic E-state index is 3.64. The summed E-state index contributed by atoms with van der Waals surface area (Å²) < 4.78 is 0. The third-order valence-corrected chi connectivity index (χ3v) is 4.25. The standard InChI is InChI=1S/C15H23N3/c1-17-10-5-11-18-14(8-9-16-15(17)18)12-13-6-3-2-4-7-13/h2-4,6-7,14-16H,5,8-12H2,1H3. The normalized spacial score (nSPS) is 30.1. The summed E-state index contributed by atoms with van der Waals surface area (Å²) in [4.78, 5) is 5.10. The number of nitrogens with one attached hydrogen (secondary N) is 1. The van der Waals surface area contributed by atoms with Crippen molar-refractivity contribution in [3.8, 4) is 0 Å². The topological polar surface area (TPSA) is 18.5 Å². The first kappa shape index (κ1) is 12.2. The summed E-state index contributed by atoms with van der Waals surface area (Å²) >= 11 is 0. The van der Waals surface area contributed by atoms with Crippen molar-refractivity contribution in [1.82, 2.24) is 15.1 Å². The lowest BCUT2D eigenvalue weighted by Gasteiger charge is -2.49. The van der Waals surface area contributed by atoms with Crippen LogP contribution in [0.15, 0.2) is 30.3 Å². The summed E-state index contributed by atoms with van der Waals surface area (Å²) in [6, 6.07) is 11.6. The Morgan fingerprint density at radius 2 is 2.06 bits per heavy atom. The van der Waals surface area contributed by atoms with Crippen LogP contribution in [-0.4, -0.2) is 48.8 Å². The fourth-order valence-corrected chi connectivity index (χ4v) is 3.31. The molecule has 18 heavy (non-hydrogen) atoms. The van der Waals surface area contributed by atoms with Gasteiger partial charge in [0.15, 0.2) is 0 Å². The lowest BCUT2D eigenvalue weighted by Crippen LogP contribution is -2.66. The Bertz CT molecular complexity index is 379. The SMILES string of the molecule is CN1CCCN2C(Cc3ccccc3)CCNC12. The van der Waals surface area contributed by atoms with Gasteiger partial charge in [-0.15, -0.1) is 0 Å². The van der Waals surface area contributed by atoms with Crippen LogP contribution < -0.4 is 5.32 Å². The molecular weight excluding hydrogens is 222 g/mol. The highest BCUT2D eigenvalue weighted by Crippen LogP contribution is 2.22. The highest BCUT2D eigenvalue weighted by molar-refractivity contribution is 5.16. The molecule has 2 unspecified atom stereocenters. The highest BCUT2D eigenvalue weighted by Gasteiger charge is 2.34. The van der Waals surface area contributed by atoms with Crippen LogP contribution in [0.2, 0.25) is 0 Å². The zero-order chi connectivity index (χ0) is 12.4. The number of fused-ring (bicyclic) bond motifs is 1. The molecule has 3 rings (SSSR count). The lowest BCUT2D eigenvalue weighted by molar-refractivity contribution is -0.0522. The Labute approximate surface area is 110 Å². The Morgan fingerprint density at radius 1 is 1.22 bits per heavy atom. The quantitative estimate of drug-likeness (QED) is 0.852. The average Bonchev–Trinajstić information content (AvgIpc) is 2.41. The van der Waals surface area contributed by atoms with Crippen molar-refractivity contribution < 1.29 is 0 Å². The Hall–Kier alpha value is -0.900. The second-order valence-electron chi connectivity index (χ2n) is 5.53. The van der Waals surface area contributed by atoms with E-state index in [9.17, 15) is 0 Å². The van der Waals surface area contributed by atoms with Gasteiger partial charge in [-0.3, -0.25) is 15.1 Å². The van der Waals surface area contributed by atoms with Crippen LogP contribution in [0.4, 0.5) is 0 Å². The van der Waals surface area contributed by atoms with E-state index in [1.54, 1.807) is 0 Å². The van der Waals surface area contributed by atoms with Gasteiger partial charge in [0.2, 0.25) is 0 Å². The predicted octanol–water partition coefficient (Wildman–Crippen LogP) is 1.51. The fourth-order valence-electron chi connectivity index (χ4n) is 3.31. The molecule has 2 saturated heterocycles. The van der Waals surface area contributed by atoms with Crippen molar-refractivity contribution in [1.29, 1.82) is 0 Å². The van der Waals surface area contributed by atoms with Crippen LogP contribution in [0.25, 0.3) is 0 Å². The van der Waals surface area contributed by atoms with E-state index in [1.165, 1.54) is 37.9 Å². The fraction of sp³-hybridized carbons (Fsp3) is 0.600. The van der Waals surface area contributed by atoms with E-state index < -0.39 is 0 Å². The first-order valence-corrected chi connectivity index (χ1v) is 7.08. The van der Waals surface area contributed by atoms with Gasteiger partial charge in [-0.05, 0) is 38.4 Å². The van der Waals surface area contributed by atoms with Gasteiger partial charge in [-0.2, -0.15) is 0 Å². The van der Waals surface area contributed by atoms with Crippen molar-refractivity contribution in [3.05, 3.63) is 35.9 Å². The van der Waals surface area contributed by atoms with Crippen molar-refractivity contribution in [2.45, 2.75) is 31.6 Å². The van der Waals surface area contributed by atoms with Gasteiger partial charge < -0.3 is 0 Å². The first-order valence-electron chi connectivity index (χ1n) is 7.08. The molecule has 1 aromatic rings. The van der Waals surface area contributed by atoms with Crippen molar-refractivity contribution in [2.24, 2.45) is 0 Å². The van der Waals surface area contributed by atoms with E-state index in [0.29, 0.717) is 12.3 Å². The van der Waals surface area contributed by atoms with Crippen LogP contribution in [0.5, 0.6) is 0 Å². The number of hydrogen-bond donors (Lipinski definition) is 1. The Kier molecular flexibility index (Phi) is 3.64. The molecule has 2 atom stereocenters. The Balaban J connectivity index is 1.71. The molecule has 3 heteroatoms. The van der Waals surface area contributed by atoms with Gasteiger partial charge in [0.25, 0.3) is 0 Å². The molecule has 1 N–H and O–H groups in total. The van der Waals surface area contributed by atoms with Crippen LogP contribution >= 0.6 is 0 Å². The van der Waals surface area contributed by atoms with Gasteiger partial charge in [0.1, 0.15) is 6.29 Å². The monoisotopic (exact) mass is 245 g/mol. The van der Waals surface area contributed by atoms with E-state index >= 15 is 0 Å². The molecule has 0 bridgehead atoms. The maximum Gasteiger partial charge on any atom is 0.117 e. The molecule has 2 fully saturated rings. The summed E-state index contributed by atoms with van der Waals surface area (Å²) in [5.41, 5.74) is 1.47. The molecule has 98 valence electrons. The number of benzene rings is 1. The van der Waals surface area contributed by atoms with Crippen LogP contribution in [0, 0.1) is 0 Å². The summed E-state index contributed by atoms with van der Waals surface area (Å²) in [5, 5.41) is 3.64. The van der Waals surface area contributed by atoms with Gasteiger partial charge in [0, 0.05) is 19.1 Å². The minimum Gasteiger partial charge on any atom is -0.289 e. The van der Waals surface area contributed by atoms with E-state index in [1.807, 2.05) is 0 Å². The minimum atomic E-state index is 0.459. The van der Waals surface area contributed by atoms with Crippen LogP contribution in [0.1, 0.15) is 18.4 Å². The smallest absolute Gasteiger partial charge is 0.117 e. The molecule has 0 spiro atoms. The molecule has 0 aliphatic carbocycles. The molecule has 0 amide bonds. The first-order chi connectivity index (χ1) is 8.84. The molecule has 2 aliphatic rings. The molecule has 2 heterocycles. The summed E-state index contributed by atoms with van der Waals surface area (Å²) in [5.74, 6) is 0. The molecule has 3 nitrogen and oxygen atoms in total. The van der Waals surface area contributed by atoms with Crippen molar-refractivity contribution in [2.75, 3.05) is 26.7 Å². The molecule has 0 radical (unpaired) electrons. The highest BCUT2D eigenvalue weighted by atomic mass is 15.5. The molecule has 0 saturated carbocycles. The number of rotatable bonds is 2. The third-order valence-electron chi connectivity index (χ3n) is 4.25. The molecule has 0 aromatic heterocycles. The second kappa shape index (κ2) is 5.39. The zero-order valence-corrected chi connectivity index (χ0v) is 11.2. The average molecular weight is 245 g/mol. The minimum absolute atomic E-state index is 0.459. The predicted molar refractivity (Wildman–Crippen MR) is 74.3 cm³/mol. The van der Waals surface area contributed by atoms with Gasteiger partial charge in [-0.25, -0.2) is 0 Å². The molecule has 1 aromatic carbocycles. The van der Waals surface area contributed by atoms with Crippen LogP contribution in [-0.2, 0) is 6.42 Å². The maximum absolute atomic E-state index is 3.64. The van der Waals surface area contributed by atoms with Gasteiger partial charge in [-0.1, -0.05) is 30.3 Å². The van der Waals surface area contributed by atoms with E-state index in [4.69, 9.17) is 0 Å². The lowest BCUT2D eigenvalue weighted by atomic mass is 9.99. The van der Waals surface area contributed by atoms with E-state index in [2.05, 4.69) is 52.5 Å². The van der Waals surface area contributed by atoms with Crippen molar-refractivity contribution >= 4 is 0 Å². The largest absolute Gasteiger partial charge is 0.289 e. The van der Waals surface area contributed by atoms with Gasteiger partial charge >= 0.3 is 0 Å². The summed E-state index contributed by atoms with van der Waals surface area (Å²) in [7, 11) is 2.23. The zero-order valence-electron chi connectivity index (χ0n) is 11.2. The van der Waals surface area contributed by atoms with Crippen molar-refractivity contribution in [3.63, 3.8) is 0 Å². The number of hydrogen-bond acceptors (Lipinski definition) is 3. The summed E-state index contributed by atoms with van der Waals surface area (Å²) in [6.07, 6.45) is 4.20. The second-order valence-corrected chi connectivity index (χ2v) is 5.53. The molecule has 2 aliphatic heterocycles. The third kappa shape index (κ3) is 2.44. The van der Waals surface area contributed by atoms with Gasteiger partial charge in [0.05, 0.1) is 0 Å². The van der Waals surface area contributed by atoms with Crippen LogP contribution in [0.3, 0.4) is 0 Å². The van der Waals surface area contributed by atoms with E-state index in [0.717, 1.165) is 6.54 Å². The Morgan fingerprint density at radius 3 is 2.89 bits per heavy atom. The summed E-state index contributed by atoms with van der Waals surface area (Å²) in [6.45, 7) is 3.59. The number of nitrogens with zero attached hydrogens (tertiary/aromatic N) is 2. The van der Waals surface area contributed by atoms with E-state index in [-0.39, 0.29) is 0 Å². The molecular formula is C15H23N3.